The molecule has 2 unspecified atom stereocenters. The van der Waals surface area contributed by atoms with Gasteiger partial charge in [-0.15, -0.1) is 0 Å². The van der Waals surface area contributed by atoms with Crippen LogP contribution in [0.5, 0.6) is 0 Å². The molecule has 0 aliphatic rings. The van der Waals surface area contributed by atoms with E-state index in [9.17, 15) is 8.42 Å². The van der Waals surface area contributed by atoms with Gasteiger partial charge in [-0.1, -0.05) is 32.4 Å². The first-order chi connectivity index (χ1) is 9.40. The average Bonchev–Trinajstić information content (AvgIpc) is 2.44. The highest BCUT2D eigenvalue weighted by molar-refractivity contribution is 7.89. The Bertz CT molecular complexity index is 497. The molecule has 2 N–H and O–H groups in total. The van der Waals surface area contributed by atoms with E-state index in [4.69, 9.17) is 0 Å². The highest BCUT2D eigenvalue weighted by Gasteiger charge is 2.20. The van der Waals surface area contributed by atoms with E-state index in [1.165, 1.54) is 0 Å². The Hall–Kier alpha value is -0.910. The highest BCUT2D eigenvalue weighted by atomic mass is 32.2. The Morgan fingerprint density at radius 2 is 1.75 bits per heavy atom. The van der Waals surface area contributed by atoms with Gasteiger partial charge < -0.3 is 5.32 Å². The maximum atomic E-state index is 12.3. The van der Waals surface area contributed by atoms with Crippen molar-refractivity contribution in [3.05, 3.63) is 29.8 Å². The molecule has 0 saturated heterocycles. The van der Waals surface area contributed by atoms with E-state index in [1.807, 2.05) is 33.0 Å². The first-order valence-electron chi connectivity index (χ1n) is 7.16. The minimum Gasteiger partial charge on any atom is -0.319 e. The molecule has 1 aromatic carbocycles. The molecule has 0 aliphatic carbocycles. The van der Waals surface area contributed by atoms with E-state index in [1.54, 1.807) is 12.1 Å². The van der Waals surface area contributed by atoms with Gasteiger partial charge in [-0.3, -0.25) is 0 Å². The third-order valence-electron chi connectivity index (χ3n) is 3.74. The lowest BCUT2D eigenvalue weighted by Gasteiger charge is -2.19. The summed E-state index contributed by atoms with van der Waals surface area (Å²) in [5.41, 5.74) is 1.13. The summed E-state index contributed by atoms with van der Waals surface area (Å²) in [6.07, 6.45) is 1.85. The van der Waals surface area contributed by atoms with Crippen molar-refractivity contribution >= 4 is 10.0 Å². The summed E-state index contributed by atoms with van der Waals surface area (Å²) < 4.78 is 27.3. The fourth-order valence-corrected chi connectivity index (χ4v) is 3.24. The molecule has 0 amide bonds. The number of rotatable bonds is 8. The van der Waals surface area contributed by atoms with E-state index in [-0.39, 0.29) is 6.04 Å². The van der Waals surface area contributed by atoms with Crippen molar-refractivity contribution in [3.63, 3.8) is 0 Å². The van der Waals surface area contributed by atoms with E-state index in [2.05, 4.69) is 17.0 Å². The second kappa shape index (κ2) is 7.76. The molecule has 0 aliphatic heterocycles. The van der Waals surface area contributed by atoms with Gasteiger partial charge in [-0.25, -0.2) is 13.1 Å². The van der Waals surface area contributed by atoms with Gasteiger partial charge in [0.05, 0.1) is 4.90 Å². The lowest BCUT2D eigenvalue weighted by atomic mass is 10.0. The van der Waals surface area contributed by atoms with Crippen LogP contribution in [0.15, 0.2) is 29.2 Å². The minimum absolute atomic E-state index is 0.0611. The van der Waals surface area contributed by atoms with Crippen LogP contribution in [-0.2, 0) is 16.4 Å². The third-order valence-corrected chi connectivity index (χ3v) is 5.31. The number of sulfonamides is 1. The lowest BCUT2D eigenvalue weighted by Crippen LogP contribution is -2.36. The van der Waals surface area contributed by atoms with Gasteiger partial charge in [-0.05, 0) is 50.6 Å². The predicted molar refractivity (Wildman–Crippen MR) is 83.3 cm³/mol. The lowest BCUT2D eigenvalue weighted by molar-refractivity contribution is 0.434. The van der Waals surface area contributed by atoms with Gasteiger partial charge in [0.2, 0.25) is 10.0 Å². The molecule has 0 aromatic heterocycles. The van der Waals surface area contributed by atoms with Crippen LogP contribution in [0.1, 0.15) is 32.8 Å². The number of hydrogen-bond acceptors (Lipinski definition) is 3. The Kier molecular flexibility index (Phi) is 6.65. The van der Waals surface area contributed by atoms with Crippen LogP contribution in [0.3, 0.4) is 0 Å². The number of nitrogens with one attached hydrogen (secondary N) is 2. The molecule has 114 valence electrons. The van der Waals surface area contributed by atoms with Crippen molar-refractivity contribution in [1.82, 2.24) is 10.0 Å². The summed E-state index contributed by atoms with van der Waals surface area (Å²) >= 11 is 0. The topological polar surface area (TPSA) is 58.2 Å². The summed E-state index contributed by atoms with van der Waals surface area (Å²) in [4.78, 5) is 0.334. The molecule has 0 saturated carbocycles. The zero-order valence-corrected chi connectivity index (χ0v) is 13.6. The van der Waals surface area contributed by atoms with E-state index < -0.39 is 10.0 Å². The zero-order valence-electron chi connectivity index (χ0n) is 12.8. The Labute approximate surface area is 123 Å². The maximum absolute atomic E-state index is 12.3. The third kappa shape index (κ3) is 4.89. The van der Waals surface area contributed by atoms with Gasteiger partial charge in [0.25, 0.3) is 0 Å². The normalized spacial score (nSPS) is 15.0. The van der Waals surface area contributed by atoms with Crippen LogP contribution in [0, 0.1) is 5.92 Å². The van der Waals surface area contributed by atoms with E-state index >= 15 is 0 Å². The number of likely N-dealkylation sites (N-methyl/N-ethyl adjacent to an activating group) is 1. The van der Waals surface area contributed by atoms with Gasteiger partial charge in [0.1, 0.15) is 0 Å². The van der Waals surface area contributed by atoms with Gasteiger partial charge in [0.15, 0.2) is 0 Å². The maximum Gasteiger partial charge on any atom is 0.240 e. The summed E-state index contributed by atoms with van der Waals surface area (Å²) in [5.74, 6) is 0.319. The molecule has 20 heavy (non-hydrogen) atoms. The van der Waals surface area contributed by atoms with Crippen LogP contribution in [-0.4, -0.2) is 28.1 Å². The average molecular weight is 298 g/mol. The van der Waals surface area contributed by atoms with Crippen LogP contribution in [0.4, 0.5) is 0 Å². The second-order valence-electron chi connectivity index (χ2n) is 5.29. The van der Waals surface area contributed by atoms with Gasteiger partial charge in [-0.2, -0.15) is 0 Å². The van der Waals surface area contributed by atoms with Crippen molar-refractivity contribution in [2.45, 2.75) is 44.6 Å². The fraction of sp³-hybridized carbons (Fsp3) is 0.600. The molecule has 1 aromatic rings. The molecule has 2 atom stereocenters. The van der Waals surface area contributed by atoms with E-state index in [0.717, 1.165) is 24.9 Å². The van der Waals surface area contributed by atoms with Crippen molar-refractivity contribution in [3.8, 4) is 0 Å². The summed E-state index contributed by atoms with van der Waals surface area (Å²) in [7, 11) is -1.52. The summed E-state index contributed by atoms with van der Waals surface area (Å²) in [6.45, 7) is 6.91. The number of hydrogen-bond donors (Lipinski definition) is 2. The second-order valence-corrected chi connectivity index (χ2v) is 7.01. The monoisotopic (exact) mass is 298 g/mol. The van der Waals surface area contributed by atoms with Crippen molar-refractivity contribution in [2.75, 3.05) is 13.6 Å². The first kappa shape index (κ1) is 17.1. The van der Waals surface area contributed by atoms with Crippen LogP contribution >= 0.6 is 0 Å². The van der Waals surface area contributed by atoms with Crippen LogP contribution in [0.25, 0.3) is 0 Å². The summed E-state index contributed by atoms with van der Waals surface area (Å²) in [6, 6.07) is 7.04. The SMILES string of the molecule is CCC(C)C(C)NS(=O)(=O)c1ccc(CCNC)cc1. The van der Waals surface area contributed by atoms with Crippen molar-refractivity contribution in [1.29, 1.82) is 0 Å². The molecule has 0 bridgehead atoms. The van der Waals surface area contributed by atoms with Crippen molar-refractivity contribution < 1.29 is 8.42 Å². The summed E-state index contributed by atoms with van der Waals surface area (Å²) in [5, 5.41) is 3.08. The molecule has 0 heterocycles. The quantitative estimate of drug-likeness (QED) is 0.773. The molecule has 0 fully saturated rings. The van der Waals surface area contributed by atoms with Gasteiger partial charge >= 0.3 is 0 Å². The Morgan fingerprint density at radius 3 is 2.25 bits per heavy atom. The molecule has 4 nitrogen and oxygen atoms in total. The van der Waals surface area contributed by atoms with Crippen LogP contribution < -0.4 is 10.0 Å². The zero-order chi connectivity index (χ0) is 15.2. The standard InChI is InChI=1S/C15H26N2O2S/c1-5-12(2)13(3)17-20(18,19)15-8-6-14(7-9-15)10-11-16-4/h6-9,12-13,16-17H,5,10-11H2,1-4H3. The molecular weight excluding hydrogens is 272 g/mol. The van der Waals surface area contributed by atoms with E-state index in [0.29, 0.717) is 10.8 Å². The molecule has 0 radical (unpaired) electrons. The number of benzene rings is 1. The Morgan fingerprint density at radius 1 is 1.15 bits per heavy atom. The van der Waals surface area contributed by atoms with Crippen LogP contribution in [0.2, 0.25) is 0 Å². The molecule has 5 heteroatoms. The smallest absolute Gasteiger partial charge is 0.240 e. The van der Waals surface area contributed by atoms with Crippen molar-refractivity contribution in [2.24, 2.45) is 5.92 Å². The minimum atomic E-state index is -3.42. The largest absolute Gasteiger partial charge is 0.319 e. The molecular formula is C15H26N2O2S. The van der Waals surface area contributed by atoms with Gasteiger partial charge in [0, 0.05) is 6.04 Å². The predicted octanol–water partition coefficient (Wildman–Crippen LogP) is 2.16. The highest BCUT2D eigenvalue weighted by Crippen LogP contribution is 2.14. The fourth-order valence-electron chi connectivity index (χ4n) is 1.89. The molecule has 1 rings (SSSR count). The molecule has 0 spiro atoms. The Balaban J connectivity index is 2.77. The first-order valence-corrected chi connectivity index (χ1v) is 8.65.